The molecule has 2 atom stereocenters. The highest BCUT2D eigenvalue weighted by Gasteiger charge is 2.41. The third kappa shape index (κ3) is 4.30. The number of hydrogen-bond donors (Lipinski definition) is 2. The van der Waals surface area contributed by atoms with Crippen LogP contribution in [0.2, 0.25) is 0 Å². The smallest absolute Gasteiger partial charge is 0.226 e. The Morgan fingerprint density at radius 1 is 1.17 bits per heavy atom. The number of nitrogens with zero attached hydrogens (tertiary/aromatic N) is 2. The van der Waals surface area contributed by atoms with Gasteiger partial charge in [0.25, 0.3) is 0 Å². The van der Waals surface area contributed by atoms with Gasteiger partial charge in [0.2, 0.25) is 5.91 Å². The van der Waals surface area contributed by atoms with E-state index in [2.05, 4.69) is 15.6 Å². The van der Waals surface area contributed by atoms with Crippen molar-refractivity contribution in [3.05, 3.63) is 84.1 Å². The SMILES string of the molecule is Cc1ccc([C@H]2[C@@H](c3ccccn3)NC(=S)N2CCC(=O)Nc2ccccc2)o1. The van der Waals surface area contributed by atoms with Crippen molar-refractivity contribution in [1.82, 2.24) is 15.2 Å². The Hall–Kier alpha value is -3.19. The highest BCUT2D eigenvalue weighted by Crippen LogP contribution is 2.39. The highest BCUT2D eigenvalue weighted by molar-refractivity contribution is 7.80. The lowest BCUT2D eigenvalue weighted by atomic mass is 10.0. The van der Waals surface area contributed by atoms with E-state index in [1.165, 1.54) is 0 Å². The molecule has 1 aliphatic rings. The van der Waals surface area contributed by atoms with Crippen LogP contribution in [0.4, 0.5) is 5.69 Å². The molecule has 7 heteroatoms. The van der Waals surface area contributed by atoms with Crippen LogP contribution in [0.3, 0.4) is 0 Å². The van der Waals surface area contributed by atoms with Crippen molar-refractivity contribution >= 4 is 28.9 Å². The van der Waals surface area contributed by atoms with Gasteiger partial charge in [-0.3, -0.25) is 9.78 Å². The zero-order valence-corrected chi connectivity index (χ0v) is 16.9. The summed E-state index contributed by atoms with van der Waals surface area (Å²) in [5, 5.41) is 6.86. The zero-order chi connectivity index (χ0) is 20.2. The second-order valence-electron chi connectivity index (χ2n) is 6.93. The fourth-order valence-corrected chi connectivity index (χ4v) is 3.87. The van der Waals surface area contributed by atoms with E-state index in [0.29, 0.717) is 18.1 Å². The molecule has 2 aromatic heterocycles. The van der Waals surface area contributed by atoms with E-state index in [-0.39, 0.29) is 18.0 Å². The Morgan fingerprint density at radius 3 is 2.66 bits per heavy atom. The van der Waals surface area contributed by atoms with Crippen molar-refractivity contribution in [1.29, 1.82) is 0 Å². The Labute approximate surface area is 174 Å². The normalized spacial score (nSPS) is 18.5. The molecule has 1 amide bonds. The van der Waals surface area contributed by atoms with Gasteiger partial charge in [0.15, 0.2) is 5.11 Å². The second-order valence-corrected chi connectivity index (χ2v) is 7.32. The monoisotopic (exact) mass is 406 g/mol. The fourth-order valence-electron chi connectivity index (χ4n) is 3.53. The number of thiocarbonyl (C=S) groups is 1. The maximum atomic E-state index is 12.4. The Bertz CT molecular complexity index is 990. The van der Waals surface area contributed by atoms with E-state index in [1.807, 2.05) is 72.5 Å². The molecule has 0 bridgehead atoms. The summed E-state index contributed by atoms with van der Waals surface area (Å²) in [6, 6.07) is 18.8. The van der Waals surface area contributed by atoms with Gasteiger partial charge in [-0.1, -0.05) is 24.3 Å². The van der Waals surface area contributed by atoms with Crippen molar-refractivity contribution in [2.24, 2.45) is 0 Å². The second kappa shape index (κ2) is 8.45. The quantitative estimate of drug-likeness (QED) is 0.604. The van der Waals surface area contributed by atoms with Gasteiger partial charge in [0.05, 0.1) is 11.7 Å². The van der Waals surface area contributed by atoms with Crippen LogP contribution in [0.5, 0.6) is 0 Å². The standard InChI is InChI=1S/C22H22N4O2S/c1-15-10-11-18(28-15)21-20(17-9-5-6-13-23-17)25-22(29)26(21)14-12-19(27)24-16-7-3-2-4-8-16/h2-11,13,20-21H,12,14H2,1H3,(H,24,27)(H,25,29)/t20-,21+/m1/s1. The maximum Gasteiger partial charge on any atom is 0.226 e. The number of rotatable bonds is 6. The number of nitrogens with one attached hydrogen (secondary N) is 2. The molecule has 0 aliphatic carbocycles. The number of carbonyl (C=O) groups excluding carboxylic acids is 1. The largest absolute Gasteiger partial charge is 0.464 e. The first kappa shape index (κ1) is 19.1. The number of carbonyl (C=O) groups is 1. The minimum atomic E-state index is -0.171. The lowest BCUT2D eigenvalue weighted by Crippen LogP contribution is -2.32. The molecular formula is C22H22N4O2S. The fraction of sp³-hybridized carbons (Fsp3) is 0.227. The lowest BCUT2D eigenvalue weighted by molar-refractivity contribution is -0.116. The van der Waals surface area contributed by atoms with Gasteiger partial charge < -0.3 is 20.0 Å². The number of furan rings is 1. The van der Waals surface area contributed by atoms with E-state index in [4.69, 9.17) is 16.6 Å². The first-order chi connectivity index (χ1) is 14.1. The number of pyridine rings is 1. The average molecular weight is 407 g/mol. The molecule has 3 heterocycles. The van der Waals surface area contributed by atoms with Crippen molar-refractivity contribution < 1.29 is 9.21 Å². The number of hydrogen-bond acceptors (Lipinski definition) is 4. The highest BCUT2D eigenvalue weighted by atomic mass is 32.1. The molecule has 148 valence electrons. The molecule has 3 aromatic rings. The van der Waals surface area contributed by atoms with E-state index in [9.17, 15) is 4.79 Å². The molecular weight excluding hydrogens is 384 g/mol. The number of para-hydroxylation sites is 1. The molecule has 0 radical (unpaired) electrons. The van der Waals surface area contributed by atoms with Crippen LogP contribution < -0.4 is 10.6 Å². The van der Waals surface area contributed by atoms with Gasteiger partial charge in [-0.25, -0.2) is 0 Å². The molecule has 1 aromatic carbocycles. The lowest BCUT2D eigenvalue weighted by Gasteiger charge is -2.25. The van der Waals surface area contributed by atoms with E-state index in [0.717, 1.165) is 22.9 Å². The van der Waals surface area contributed by atoms with Crippen molar-refractivity contribution in [3.8, 4) is 0 Å². The van der Waals surface area contributed by atoms with Crippen LogP contribution in [0.1, 0.15) is 35.7 Å². The van der Waals surface area contributed by atoms with Crippen LogP contribution in [0.15, 0.2) is 71.3 Å². The number of aryl methyl sites for hydroxylation is 1. The molecule has 0 spiro atoms. The van der Waals surface area contributed by atoms with Crippen molar-refractivity contribution in [2.45, 2.75) is 25.4 Å². The molecule has 1 aliphatic heterocycles. The number of benzene rings is 1. The van der Waals surface area contributed by atoms with Crippen LogP contribution in [0, 0.1) is 6.92 Å². The molecule has 1 fully saturated rings. The topological polar surface area (TPSA) is 70.4 Å². The maximum absolute atomic E-state index is 12.4. The summed E-state index contributed by atoms with van der Waals surface area (Å²) in [6.07, 6.45) is 2.07. The van der Waals surface area contributed by atoms with Gasteiger partial charge in [-0.15, -0.1) is 0 Å². The Morgan fingerprint density at radius 2 is 1.97 bits per heavy atom. The molecule has 2 N–H and O–H groups in total. The summed E-state index contributed by atoms with van der Waals surface area (Å²) in [4.78, 5) is 18.9. The first-order valence-corrected chi connectivity index (χ1v) is 9.92. The minimum absolute atomic E-state index is 0.0605. The Balaban J connectivity index is 1.52. The van der Waals surface area contributed by atoms with Crippen LogP contribution >= 0.6 is 12.2 Å². The summed E-state index contributed by atoms with van der Waals surface area (Å²) in [6.45, 7) is 2.38. The zero-order valence-electron chi connectivity index (χ0n) is 16.0. The van der Waals surface area contributed by atoms with Gasteiger partial charge in [-0.05, 0) is 55.5 Å². The minimum Gasteiger partial charge on any atom is -0.464 e. The van der Waals surface area contributed by atoms with E-state index >= 15 is 0 Å². The van der Waals surface area contributed by atoms with Crippen LogP contribution in [-0.2, 0) is 4.79 Å². The summed E-state index contributed by atoms with van der Waals surface area (Å²) in [5.41, 5.74) is 1.66. The molecule has 6 nitrogen and oxygen atoms in total. The summed E-state index contributed by atoms with van der Waals surface area (Å²) >= 11 is 5.60. The average Bonchev–Trinajstić information content (AvgIpc) is 3.30. The third-order valence-corrected chi connectivity index (χ3v) is 5.24. The third-order valence-electron chi connectivity index (χ3n) is 4.89. The molecule has 1 saturated heterocycles. The number of anilines is 1. The first-order valence-electron chi connectivity index (χ1n) is 9.51. The van der Waals surface area contributed by atoms with Gasteiger partial charge in [0, 0.05) is 24.8 Å². The molecule has 4 rings (SSSR count). The predicted molar refractivity (Wildman–Crippen MR) is 115 cm³/mol. The number of aromatic nitrogens is 1. The number of amides is 1. The molecule has 29 heavy (non-hydrogen) atoms. The summed E-state index contributed by atoms with van der Waals surface area (Å²) < 4.78 is 5.93. The molecule has 0 unspecified atom stereocenters. The Kier molecular flexibility index (Phi) is 5.57. The van der Waals surface area contributed by atoms with Gasteiger partial charge >= 0.3 is 0 Å². The van der Waals surface area contributed by atoms with Crippen LogP contribution in [0.25, 0.3) is 0 Å². The van der Waals surface area contributed by atoms with E-state index < -0.39 is 0 Å². The van der Waals surface area contributed by atoms with Gasteiger partial charge in [-0.2, -0.15) is 0 Å². The van der Waals surface area contributed by atoms with Gasteiger partial charge in [0.1, 0.15) is 17.6 Å². The van der Waals surface area contributed by atoms with Crippen molar-refractivity contribution in [3.63, 3.8) is 0 Å². The predicted octanol–water partition coefficient (Wildman–Crippen LogP) is 3.98. The van der Waals surface area contributed by atoms with Crippen molar-refractivity contribution in [2.75, 3.05) is 11.9 Å². The van der Waals surface area contributed by atoms with Crippen LogP contribution in [-0.4, -0.2) is 27.4 Å². The van der Waals surface area contributed by atoms with E-state index in [1.54, 1.807) is 6.20 Å². The summed E-state index contributed by atoms with van der Waals surface area (Å²) in [7, 11) is 0. The summed E-state index contributed by atoms with van der Waals surface area (Å²) in [5.74, 6) is 1.57. The molecule has 0 saturated carbocycles.